The molecule has 3 saturated heterocycles. The molecule has 4 unspecified atom stereocenters. The molecule has 1 saturated carbocycles. The highest BCUT2D eigenvalue weighted by Crippen LogP contribution is 2.44. The molecule has 4 bridgehead atoms. The Bertz CT molecular complexity index is 783. The second kappa shape index (κ2) is 5.30. The smallest absolute Gasteiger partial charge is 0.240 e. The molecule has 4 nitrogen and oxygen atoms in total. The average molecular weight is 321 g/mol. The van der Waals surface area contributed by atoms with Gasteiger partial charge in [-0.15, -0.1) is 0 Å². The quantitative estimate of drug-likeness (QED) is 0.808. The lowest BCUT2D eigenvalue weighted by atomic mass is 9.65. The molecule has 0 spiro atoms. The zero-order valence-electron chi connectivity index (χ0n) is 13.7. The van der Waals surface area contributed by atoms with Gasteiger partial charge in [-0.2, -0.15) is 0 Å². The third kappa shape index (κ3) is 2.10. The van der Waals surface area contributed by atoms with Crippen LogP contribution in [-0.2, 0) is 11.3 Å². The number of carbonyl (C=O) groups excluding carboxylic acids is 1. The molecule has 0 radical (unpaired) electrons. The van der Waals surface area contributed by atoms with Gasteiger partial charge in [0, 0.05) is 19.1 Å². The van der Waals surface area contributed by atoms with Crippen molar-refractivity contribution in [2.75, 3.05) is 13.1 Å². The zero-order valence-corrected chi connectivity index (χ0v) is 13.7. The molecule has 2 aromatic carbocycles. The van der Waals surface area contributed by atoms with E-state index in [4.69, 9.17) is 0 Å². The molecule has 0 aromatic heterocycles. The van der Waals surface area contributed by atoms with E-state index >= 15 is 0 Å². The van der Waals surface area contributed by atoms with Crippen molar-refractivity contribution in [1.29, 1.82) is 0 Å². The van der Waals surface area contributed by atoms with E-state index in [0.717, 1.165) is 31.8 Å². The van der Waals surface area contributed by atoms with E-state index < -0.39 is 0 Å². The van der Waals surface area contributed by atoms with Crippen LogP contribution in [0.15, 0.2) is 42.5 Å². The zero-order chi connectivity index (χ0) is 16.1. The maximum atomic E-state index is 13.0. The number of amides is 1. The molecule has 6 rings (SSSR count). The second-order valence-corrected chi connectivity index (χ2v) is 7.63. The van der Waals surface area contributed by atoms with Crippen LogP contribution in [0.4, 0.5) is 0 Å². The number of piperidine rings is 2. The summed E-state index contributed by atoms with van der Waals surface area (Å²) in [6, 6.07) is 15.2. The van der Waals surface area contributed by atoms with Crippen molar-refractivity contribution in [2.45, 2.75) is 31.0 Å². The van der Waals surface area contributed by atoms with E-state index in [9.17, 15) is 4.79 Å². The molecule has 24 heavy (non-hydrogen) atoms. The predicted octanol–water partition coefficient (Wildman–Crippen LogP) is 1.80. The standard InChI is InChI=1S/C20H23N3O/c24-19(20-8-15-11-21-18(9-20)17(15)12-23-20)22-10-14-6-3-5-13-4-1-2-7-16(13)14/h1-7,15,17-18,21,23H,8-12H2,(H,22,24). The predicted molar refractivity (Wildman–Crippen MR) is 94.5 cm³/mol. The number of nitrogens with one attached hydrogen (secondary N) is 3. The van der Waals surface area contributed by atoms with Crippen LogP contribution in [0.2, 0.25) is 0 Å². The fraction of sp³-hybridized carbons (Fsp3) is 0.450. The highest BCUT2D eigenvalue weighted by molar-refractivity contribution is 5.89. The summed E-state index contributed by atoms with van der Waals surface area (Å²) < 4.78 is 0. The molecule has 1 aliphatic carbocycles. The first-order valence-electron chi connectivity index (χ1n) is 8.99. The van der Waals surface area contributed by atoms with E-state index in [1.807, 2.05) is 0 Å². The minimum absolute atomic E-state index is 0.173. The summed E-state index contributed by atoms with van der Waals surface area (Å²) in [6.45, 7) is 2.65. The largest absolute Gasteiger partial charge is 0.350 e. The first-order valence-corrected chi connectivity index (χ1v) is 8.99. The van der Waals surface area contributed by atoms with Crippen molar-refractivity contribution < 1.29 is 4.79 Å². The van der Waals surface area contributed by atoms with Crippen LogP contribution in [0.25, 0.3) is 10.8 Å². The highest BCUT2D eigenvalue weighted by Gasteiger charge is 2.56. The van der Waals surface area contributed by atoms with Crippen LogP contribution in [0, 0.1) is 11.8 Å². The Kier molecular flexibility index (Phi) is 3.19. The average Bonchev–Trinajstić information content (AvgIpc) is 2.94. The molecule has 2 aromatic rings. The molecule has 3 heterocycles. The van der Waals surface area contributed by atoms with Crippen molar-refractivity contribution in [3.05, 3.63) is 48.0 Å². The Morgan fingerprint density at radius 3 is 2.92 bits per heavy atom. The molecule has 4 heteroatoms. The van der Waals surface area contributed by atoms with Crippen LogP contribution in [0.3, 0.4) is 0 Å². The molecular weight excluding hydrogens is 298 g/mol. The summed E-state index contributed by atoms with van der Waals surface area (Å²) in [5.41, 5.74) is 0.821. The Morgan fingerprint density at radius 2 is 2.00 bits per heavy atom. The fourth-order valence-electron chi connectivity index (χ4n) is 5.11. The Labute approximate surface area is 142 Å². The first kappa shape index (κ1) is 14.4. The van der Waals surface area contributed by atoms with Crippen molar-refractivity contribution in [3.8, 4) is 0 Å². The molecule has 3 N–H and O–H groups in total. The van der Waals surface area contributed by atoms with E-state index in [-0.39, 0.29) is 11.4 Å². The molecule has 1 amide bonds. The SMILES string of the molecule is O=C(NCc1cccc2ccccc12)C12CC3CNC(C1)C3CN2. The summed E-state index contributed by atoms with van der Waals surface area (Å²) >= 11 is 0. The maximum absolute atomic E-state index is 13.0. The Hall–Kier alpha value is -1.91. The summed E-state index contributed by atoms with van der Waals surface area (Å²) in [5, 5.41) is 12.8. The maximum Gasteiger partial charge on any atom is 0.240 e. The molecular formula is C20H23N3O. The van der Waals surface area contributed by atoms with Gasteiger partial charge in [-0.25, -0.2) is 0 Å². The van der Waals surface area contributed by atoms with Gasteiger partial charge in [0.05, 0.1) is 5.54 Å². The number of fused-ring (bicyclic) bond motifs is 2. The summed E-state index contributed by atoms with van der Waals surface area (Å²) in [7, 11) is 0. The molecule has 4 aliphatic rings. The van der Waals surface area contributed by atoms with Gasteiger partial charge in [0.2, 0.25) is 5.91 Å². The lowest BCUT2D eigenvalue weighted by Crippen LogP contribution is -2.68. The highest BCUT2D eigenvalue weighted by atomic mass is 16.2. The van der Waals surface area contributed by atoms with Crippen molar-refractivity contribution in [3.63, 3.8) is 0 Å². The van der Waals surface area contributed by atoms with Gasteiger partial charge in [0.15, 0.2) is 0 Å². The first-order chi connectivity index (χ1) is 11.8. The van der Waals surface area contributed by atoms with Crippen LogP contribution in [-0.4, -0.2) is 30.6 Å². The van der Waals surface area contributed by atoms with Crippen LogP contribution in [0.1, 0.15) is 18.4 Å². The van der Waals surface area contributed by atoms with Crippen molar-refractivity contribution in [1.82, 2.24) is 16.0 Å². The second-order valence-electron chi connectivity index (χ2n) is 7.63. The molecule has 3 aliphatic heterocycles. The van der Waals surface area contributed by atoms with E-state index in [0.29, 0.717) is 18.5 Å². The van der Waals surface area contributed by atoms with Gasteiger partial charge in [0.1, 0.15) is 0 Å². The summed E-state index contributed by atoms with van der Waals surface area (Å²) in [4.78, 5) is 13.0. The van der Waals surface area contributed by atoms with Crippen LogP contribution in [0.5, 0.6) is 0 Å². The molecule has 124 valence electrons. The van der Waals surface area contributed by atoms with Gasteiger partial charge in [-0.1, -0.05) is 42.5 Å². The summed E-state index contributed by atoms with van der Waals surface area (Å²) in [5.74, 6) is 1.55. The van der Waals surface area contributed by atoms with Crippen LogP contribution >= 0.6 is 0 Å². The number of rotatable bonds is 3. The topological polar surface area (TPSA) is 53.2 Å². The van der Waals surface area contributed by atoms with Crippen molar-refractivity contribution >= 4 is 16.7 Å². The van der Waals surface area contributed by atoms with Crippen LogP contribution < -0.4 is 16.0 Å². The lowest BCUT2D eigenvalue weighted by molar-refractivity contribution is -0.132. The fourth-order valence-corrected chi connectivity index (χ4v) is 5.11. The number of carbonyl (C=O) groups is 1. The van der Waals surface area contributed by atoms with Gasteiger partial charge in [0.25, 0.3) is 0 Å². The molecule has 4 atom stereocenters. The van der Waals surface area contributed by atoms with E-state index in [1.54, 1.807) is 0 Å². The monoisotopic (exact) mass is 321 g/mol. The van der Waals surface area contributed by atoms with E-state index in [1.165, 1.54) is 16.3 Å². The Balaban J connectivity index is 1.36. The lowest BCUT2D eigenvalue weighted by Gasteiger charge is -2.49. The number of benzene rings is 2. The normalized spacial score (nSPS) is 33.8. The third-order valence-electron chi connectivity index (χ3n) is 6.37. The minimum Gasteiger partial charge on any atom is -0.350 e. The summed E-state index contributed by atoms with van der Waals surface area (Å²) in [6.07, 6.45) is 1.90. The van der Waals surface area contributed by atoms with E-state index in [2.05, 4.69) is 58.4 Å². The minimum atomic E-state index is -0.363. The van der Waals surface area contributed by atoms with Gasteiger partial charge in [-0.05, 0) is 47.6 Å². The molecule has 4 fully saturated rings. The van der Waals surface area contributed by atoms with Crippen molar-refractivity contribution in [2.24, 2.45) is 11.8 Å². The Morgan fingerprint density at radius 1 is 1.12 bits per heavy atom. The third-order valence-corrected chi connectivity index (χ3v) is 6.37. The number of hydrogen-bond donors (Lipinski definition) is 3. The van der Waals surface area contributed by atoms with Gasteiger partial charge < -0.3 is 16.0 Å². The van der Waals surface area contributed by atoms with Gasteiger partial charge >= 0.3 is 0 Å². The number of hydrogen-bond acceptors (Lipinski definition) is 3. The van der Waals surface area contributed by atoms with Gasteiger partial charge in [-0.3, -0.25) is 4.79 Å².